The molecule has 0 aliphatic rings. The molecule has 0 atom stereocenters. The zero-order valence-corrected chi connectivity index (χ0v) is 11.1. The van der Waals surface area contributed by atoms with E-state index < -0.39 is 0 Å². The van der Waals surface area contributed by atoms with Crippen molar-refractivity contribution in [3.05, 3.63) is 23.8 Å². The maximum Gasteiger partial charge on any atom is 0.183 e. The molecular weight excluding hydrogens is 232 g/mol. The molecule has 2 aromatic rings. The summed E-state index contributed by atoms with van der Waals surface area (Å²) in [7, 11) is 0. The van der Waals surface area contributed by atoms with Crippen LogP contribution in [0, 0.1) is 6.92 Å². The zero-order valence-electron chi connectivity index (χ0n) is 10.3. The summed E-state index contributed by atoms with van der Waals surface area (Å²) >= 11 is 1.71. The van der Waals surface area contributed by atoms with Gasteiger partial charge in [-0.15, -0.1) is 0 Å². The van der Waals surface area contributed by atoms with Gasteiger partial charge in [0.25, 0.3) is 0 Å². The molecule has 0 radical (unpaired) electrons. The van der Waals surface area contributed by atoms with Gasteiger partial charge in [-0.1, -0.05) is 23.5 Å². The lowest BCUT2D eigenvalue weighted by atomic mass is 10.2. The molecule has 0 saturated carbocycles. The fourth-order valence-corrected chi connectivity index (χ4v) is 2.65. The Labute approximate surface area is 106 Å². The molecule has 4 heteroatoms. The number of nitrogens with zero attached hydrogens (tertiary/aromatic N) is 1. The fraction of sp³-hybridized carbons (Fsp3) is 0.462. The van der Waals surface area contributed by atoms with Crippen LogP contribution in [0.1, 0.15) is 18.9 Å². The molecule has 0 aliphatic heterocycles. The zero-order chi connectivity index (χ0) is 12.1. The number of nitrogens with one attached hydrogen (secondary N) is 1. The predicted molar refractivity (Wildman–Crippen MR) is 74.0 cm³/mol. The van der Waals surface area contributed by atoms with E-state index >= 15 is 0 Å². The molecular formula is C13H18N2OS. The minimum atomic E-state index is 0.792. The first-order chi connectivity index (χ1) is 8.31. The Hall–Kier alpha value is -1.13. The monoisotopic (exact) mass is 250 g/mol. The van der Waals surface area contributed by atoms with Crippen LogP contribution in [0.2, 0.25) is 0 Å². The molecule has 3 nitrogen and oxygen atoms in total. The van der Waals surface area contributed by atoms with Crippen molar-refractivity contribution in [1.29, 1.82) is 0 Å². The lowest BCUT2D eigenvalue weighted by Crippen LogP contribution is -2.05. The van der Waals surface area contributed by atoms with Crippen LogP contribution in [0.15, 0.2) is 18.2 Å². The third-order valence-corrected chi connectivity index (χ3v) is 3.54. The van der Waals surface area contributed by atoms with Crippen LogP contribution in [-0.2, 0) is 4.74 Å². The molecule has 0 spiro atoms. The average Bonchev–Trinajstić information content (AvgIpc) is 2.73. The molecule has 1 heterocycles. The lowest BCUT2D eigenvalue weighted by molar-refractivity contribution is 0.147. The highest BCUT2D eigenvalue weighted by Crippen LogP contribution is 2.27. The van der Waals surface area contributed by atoms with E-state index in [0.717, 1.165) is 36.8 Å². The molecule has 0 aliphatic carbocycles. The maximum absolute atomic E-state index is 5.29. The smallest absolute Gasteiger partial charge is 0.183 e. The summed E-state index contributed by atoms with van der Waals surface area (Å²) in [6.07, 6.45) is 1.02. The van der Waals surface area contributed by atoms with Crippen LogP contribution in [0.5, 0.6) is 0 Å². The third kappa shape index (κ3) is 3.17. The molecule has 0 unspecified atom stereocenters. The molecule has 0 amide bonds. The van der Waals surface area contributed by atoms with Crippen LogP contribution < -0.4 is 5.32 Å². The van der Waals surface area contributed by atoms with Crippen LogP contribution in [0.3, 0.4) is 0 Å². The highest BCUT2D eigenvalue weighted by Gasteiger charge is 2.04. The predicted octanol–water partition coefficient (Wildman–Crippen LogP) is 3.44. The second-order valence-corrected chi connectivity index (χ2v) is 4.95. The van der Waals surface area contributed by atoms with E-state index in [2.05, 4.69) is 35.4 Å². The molecule has 0 fully saturated rings. The van der Waals surface area contributed by atoms with E-state index in [1.807, 2.05) is 6.92 Å². The van der Waals surface area contributed by atoms with Gasteiger partial charge in [0.05, 0.1) is 10.2 Å². The number of para-hydroxylation sites is 1. The summed E-state index contributed by atoms with van der Waals surface area (Å²) in [5, 5.41) is 4.35. The number of aryl methyl sites for hydroxylation is 1. The van der Waals surface area contributed by atoms with Crippen LogP contribution in [-0.4, -0.2) is 24.7 Å². The molecule has 0 saturated heterocycles. The first-order valence-corrected chi connectivity index (χ1v) is 6.80. The van der Waals surface area contributed by atoms with E-state index in [-0.39, 0.29) is 0 Å². The first kappa shape index (κ1) is 12.3. The molecule has 0 bridgehead atoms. The second kappa shape index (κ2) is 5.98. The summed E-state index contributed by atoms with van der Waals surface area (Å²) in [6.45, 7) is 6.64. The second-order valence-electron chi connectivity index (χ2n) is 3.92. The number of aromatic nitrogens is 1. The van der Waals surface area contributed by atoms with Crippen molar-refractivity contribution < 1.29 is 4.74 Å². The number of thiazole rings is 1. The van der Waals surface area contributed by atoms with E-state index in [0.29, 0.717) is 0 Å². The van der Waals surface area contributed by atoms with Crippen molar-refractivity contribution in [1.82, 2.24) is 4.98 Å². The summed E-state index contributed by atoms with van der Waals surface area (Å²) in [5.74, 6) is 0. The van der Waals surface area contributed by atoms with Gasteiger partial charge in [-0.25, -0.2) is 4.98 Å². The fourth-order valence-electron chi connectivity index (χ4n) is 1.68. The standard InChI is InChI=1S/C13H18N2OS/c1-3-16-9-5-8-14-13-15-12-10(2)6-4-7-11(12)17-13/h4,6-7H,3,5,8-9H2,1-2H3,(H,14,15). The topological polar surface area (TPSA) is 34.1 Å². The number of fused-ring (bicyclic) bond motifs is 1. The quantitative estimate of drug-likeness (QED) is 0.797. The Morgan fingerprint density at radius 2 is 2.29 bits per heavy atom. The lowest BCUT2D eigenvalue weighted by Gasteiger charge is -2.02. The summed E-state index contributed by atoms with van der Waals surface area (Å²) in [4.78, 5) is 4.60. The first-order valence-electron chi connectivity index (χ1n) is 5.99. The van der Waals surface area contributed by atoms with Gasteiger partial charge in [0, 0.05) is 19.8 Å². The Bertz CT molecular complexity index is 481. The van der Waals surface area contributed by atoms with E-state index in [1.54, 1.807) is 11.3 Å². The van der Waals surface area contributed by atoms with Crippen molar-refractivity contribution >= 4 is 26.7 Å². The van der Waals surface area contributed by atoms with Gasteiger partial charge < -0.3 is 10.1 Å². The van der Waals surface area contributed by atoms with E-state index in [1.165, 1.54) is 10.3 Å². The number of hydrogen-bond donors (Lipinski definition) is 1. The minimum absolute atomic E-state index is 0.792. The Morgan fingerprint density at radius 3 is 3.06 bits per heavy atom. The van der Waals surface area contributed by atoms with Gasteiger partial charge >= 0.3 is 0 Å². The number of ether oxygens (including phenoxy) is 1. The number of rotatable bonds is 6. The highest BCUT2D eigenvalue weighted by atomic mass is 32.1. The summed E-state index contributed by atoms with van der Waals surface area (Å²) < 4.78 is 6.54. The van der Waals surface area contributed by atoms with Crippen molar-refractivity contribution in [2.24, 2.45) is 0 Å². The number of hydrogen-bond acceptors (Lipinski definition) is 4. The van der Waals surface area contributed by atoms with Crippen LogP contribution in [0.4, 0.5) is 5.13 Å². The SMILES string of the molecule is CCOCCCNc1nc2c(C)cccc2s1. The van der Waals surface area contributed by atoms with Gasteiger partial charge in [-0.2, -0.15) is 0 Å². The van der Waals surface area contributed by atoms with Crippen LogP contribution in [0.25, 0.3) is 10.2 Å². The third-order valence-electron chi connectivity index (χ3n) is 2.57. The number of benzene rings is 1. The average molecular weight is 250 g/mol. The Kier molecular flexibility index (Phi) is 4.34. The molecule has 1 aromatic heterocycles. The van der Waals surface area contributed by atoms with Crippen molar-refractivity contribution in [2.45, 2.75) is 20.3 Å². The molecule has 92 valence electrons. The van der Waals surface area contributed by atoms with Gasteiger partial charge in [0.2, 0.25) is 0 Å². The number of anilines is 1. The summed E-state index contributed by atoms with van der Waals surface area (Å²) in [5.41, 5.74) is 2.35. The van der Waals surface area contributed by atoms with E-state index in [9.17, 15) is 0 Å². The van der Waals surface area contributed by atoms with Crippen molar-refractivity contribution in [3.63, 3.8) is 0 Å². The minimum Gasteiger partial charge on any atom is -0.382 e. The summed E-state index contributed by atoms with van der Waals surface area (Å²) in [6, 6.07) is 6.29. The van der Waals surface area contributed by atoms with Gasteiger partial charge in [-0.3, -0.25) is 0 Å². The normalized spacial score (nSPS) is 10.9. The Morgan fingerprint density at radius 1 is 1.41 bits per heavy atom. The largest absolute Gasteiger partial charge is 0.382 e. The molecule has 1 N–H and O–H groups in total. The van der Waals surface area contributed by atoms with E-state index in [4.69, 9.17) is 4.74 Å². The molecule has 1 aromatic carbocycles. The van der Waals surface area contributed by atoms with Gasteiger partial charge in [-0.05, 0) is 31.9 Å². The molecule has 17 heavy (non-hydrogen) atoms. The molecule has 2 rings (SSSR count). The van der Waals surface area contributed by atoms with Gasteiger partial charge in [0.15, 0.2) is 5.13 Å². The Balaban J connectivity index is 1.93. The van der Waals surface area contributed by atoms with Crippen LogP contribution >= 0.6 is 11.3 Å². The highest BCUT2D eigenvalue weighted by molar-refractivity contribution is 7.22. The van der Waals surface area contributed by atoms with Crippen molar-refractivity contribution in [3.8, 4) is 0 Å². The van der Waals surface area contributed by atoms with Crippen molar-refractivity contribution in [2.75, 3.05) is 25.1 Å². The van der Waals surface area contributed by atoms with Gasteiger partial charge in [0.1, 0.15) is 0 Å². The maximum atomic E-state index is 5.29.